The van der Waals surface area contributed by atoms with E-state index in [-0.39, 0.29) is 0 Å². The van der Waals surface area contributed by atoms with Gasteiger partial charge in [-0.25, -0.2) is 0 Å². The molecule has 3 nitrogen and oxygen atoms in total. The molecule has 0 bridgehead atoms. The second-order valence-electron chi connectivity index (χ2n) is 5.42. The van der Waals surface area contributed by atoms with Crippen molar-refractivity contribution in [2.75, 3.05) is 18.0 Å². The molecule has 1 aliphatic carbocycles. The smallest absolute Gasteiger partial charge is 0.103 e. The van der Waals surface area contributed by atoms with E-state index in [1.807, 2.05) is 12.1 Å². The molecular formula is C15H18BrN3. The number of benzene rings is 1. The number of nitrogens with zero attached hydrogens (tertiary/aromatic N) is 2. The molecule has 1 N–H and O–H groups in total. The summed E-state index contributed by atoms with van der Waals surface area (Å²) in [4.78, 5) is 2.44. The van der Waals surface area contributed by atoms with Gasteiger partial charge >= 0.3 is 0 Å². The molecule has 1 heterocycles. The molecule has 2 aliphatic rings. The minimum absolute atomic E-state index is 0.575. The zero-order valence-corrected chi connectivity index (χ0v) is 12.5. The van der Waals surface area contributed by atoms with Crippen molar-refractivity contribution in [3.8, 4) is 6.07 Å². The quantitative estimate of drug-likeness (QED) is 0.927. The number of hydrogen-bond donors (Lipinski definition) is 1. The largest absolute Gasteiger partial charge is 0.366 e. The van der Waals surface area contributed by atoms with Crippen molar-refractivity contribution in [1.29, 1.82) is 5.26 Å². The van der Waals surface area contributed by atoms with E-state index in [0.29, 0.717) is 12.1 Å². The molecule has 0 spiro atoms. The molecule has 1 saturated carbocycles. The zero-order chi connectivity index (χ0) is 13.2. The molecule has 0 aromatic heterocycles. The van der Waals surface area contributed by atoms with E-state index in [2.05, 4.69) is 38.3 Å². The number of hydrogen-bond acceptors (Lipinski definition) is 3. The van der Waals surface area contributed by atoms with Gasteiger partial charge in [0.1, 0.15) is 6.07 Å². The molecule has 1 atom stereocenters. The summed E-state index contributed by atoms with van der Waals surface area (Å²) in [7, 11) is 0. The first kappa shape index (κ1) is 13.0. The fourth-order valence-corrected chi connectivity index (χ4v) is 3.29. The van der Waals surface area contributed by atoms with Gasteiger partial charge in [0.15, 0.2) is 0 Å². The van der Waals surface area contributed by atoms with Crippen LogP contribution in [0.5, 0.6) is 0 Å². The lowest BCUT2D eigenvalue weighted by molar-refractivity contribution is 0.578. The minimum atomic E-state index is 0.575. The Labute approximate surface area is 122 Å². The summed E-state index contributed by atoms with van der Waals surface area (Å²) in [5.74, 6) is 0. The summed E-state index contributed by atoms with van der Waals surface area (Å²) in [6, 6.07) is 9.60. The maximum Gasteiger partial charge on any atom is 0.103 e. The first-order valence-electron chi connectivity index (χ1n) is 6.98. The zero-order valence-electron chi connectivity index (χ0n) is 10.9. The normalized spacial score (nSPS) is 22.2. The summed E-state index contributed by atoms with van der Waals surface area (Å²) >= 11 is 3.49. The van der Waals surface area contributed by atoms with E-state index in [9.17, 15) is 5.26 Å². The van der Waals surface area contributed by atoms with Crippen LogP contribution in [-0.2, 0) is 0 Å². The van der Waals surface area contributed by atoms with Crippen molar-refractivity contribution < 1.29 is 0 Å². The van der Waals surface area contributed by atoms with Crippen molar-refractivity contribution in [1.82, 2.24) is 5.32 Å². The van der Waals surface area contributed by atoms with Crippen LogP contribution in [0, 0.1) is 11.3 Å². The predicted octanol–water partition coefficient (Wildman–Crippen LogP) is 3.04. The van der Waals surface area contributed by atoms with E-state index < -0.39 is 0 Å². The molecule has 0 amide bonds. The van der Waals surface area contributed by atoms with Gasteiger partial charge in [0.25, 0.3) is 0 Å². The number of nitrogens with one attached hydrogen (secondary N) is 1. The Bertz CT molecular complexity index is 499. The van der Waals surface area contributed by atoms with E-state index in [4.69, 9.17) is 0 Å². The maximum atomic E-state index is 9.39. The lowest BCUT2D eigenvalue weighted by Gasteiger charge is -2.29. The van der Waals surface area contributed by atoms with Gasteiger partial charge in [-0.3, -0.25) is 0 Å². The van der Waals surface area contributed by atoms with Crippen LogP contribution in [-0.4, -0.2) is 25.2 Å². The van der Waals surface area contributed by atoms with Crippen molar-refractivity contribution in [2.24, 2.45) is 0 Å². The van der Waals surface area contributed by atoms with E-state index in [1.165, 1.54) is 25.7 Å². The van der Waals surface area contributed by atoms with Gasteiger partial charge in [-0.1, -0.05) is 6.07 Å². The highest BCUT2D eigenvalue weighted by atomic mass is 79.9. The van der Waals surface area contributed by atoms with Gasteiger partial charge in [0.05, 0.1) is 11.3 Å². The van der Waals surface area contributed by atoms with Crippen molar-refractivity contribution in [2.45, 2.75) is 37.8 Å². The van der Waals surface area contributed by atoms with Crippen LogP contribution in [0.4, 0.5) is 5.69 Å². The van der Waals surface area contributed by atoms with Crippen LogP contribution in [0.2, 0.25) is 0 Å². The molecule has 1 unspecified atom stereocenters. The highest BCUT2D eigenvalue weighted by Crippen LogP contribution is 2.36. The van der Waals surface area contributed by atoms with Gasteiger partial charge in [0, 0.05) is 23.1 Å². The molecule has 100 valence electrons. The molecule has 1 aliphatic heterocycles. The van der Waals surface area contributed by atoms with Crippen LogP contribution in [0.3, 0.4) is 0 Å². The second-order valence-corrected chi connectivity index (χ2v) is 6.28. The number of rotatable bonds is 4. The molecule has 3 rings (SSSR count). The Kier molecular flexibility index (Phi) is 3.76. The van der Waals surface area contributed by atoms with Crippen LogP contribution >= 0.6 is 15.9 Å². The number of nitriles is 1. The van der Waals surface area contributed by atoms with Crippen LogP contribution < -0.4 is 10.2 Å². The minimum Gasteiger partial charge on any atom is -0.366 e. The topological polar surface area (TPSA) is 39.1 Å². The van der Waals surface area contributed by atoms with Gasteiger partial charge in [0.2, 0.25) is 0 Å². The summed E-state index contributed by atoms with van der Waals surface area (Å²) < 4.78 is 0.900. The average Bonchev–Trinajstić information content (AvgIpc) is 3.13. The number of halogens is 1. The van der Waals surface area contributed by atoms with Gasteiger partial charge in [-0.15, -0.1) is 0 Å². The summed E-state index contributed by atoms with van der Waals surface area (Å²) in [5.41, 5.74) is 1.86. The first-order valence-corrected chi connectivity index (χ1v) is 7.77. The fraction of sp³-hybridized carbons (Fsp3) is 0.533. The van der Waals surface area contributed by atoms with Gasteiger partial charge in [-0.2, -0.15) is 5.26 Å². The standard InChI is InChI=1S/C15H18BrN3/c16-14-4-1-5-15(13(14)9-17)19(12-6-7-12)10-11-3-2-8-18-11/h1,4-5,11-12,18H,2-3,6-8,10H2. The van der Waals surface area contributed by atoms with Crippen LogP contribution in [0.1, 0.15) is 31.2 Å². The Morgan fingerprint density at radius 1 is 1.37 bits per heavy atom. The summed E-state index contributed by atoms with van der Waals surface area (Å²) in [6.45, 7) is 2.16. The van der Waals surface area contributed by atoms with Gasteiger partial charge in [-0.05, 0) is 60.3 Å². The lowest BCUT2D eigenvalue weighted by atomic mass is 10.1. The fourth-order valence-electron chi connectivity index (χ4n) is 2.84. The van der Waals surface area contributed by atoms with Crippen LogP contribution in [0.15, 0.2) is 22.7 Å². The summed E-state index contributed by atoms with van der Waals surface area (Å²) in [6.07, 6.45) is 5.03. The predicted molar refractivity (Wildman–Crippen MR) is 80.2 cm³/mol. The summed E-state index contributed by atoms with van der Waals surface area (Å²) in [5, 5.41) is 12.9. The lowest BCUT2D eigenvalue weighted by Crippen LogP contribution is -2.39. The van der Waals surface area contributed by atoms with E-state index >= 15 is 0 Å². The van der Waals surface area contributed by atoms with Crippen LogP contribution in [0.25, 0.3) is 0 Å². The third-order valence-electron chi connectivity index (χ3n) is 3.98. The maximum absolute atomic E-state index is 9.39. The van der Waals surface area contributed by atoms with Crippen molar-refractivity contribution in [3.05, 3.63) is 28.2 Å². The molecular weight excluding hydrogens is 302 g/mol. The van der Waals surface area contributed by atoms with E-state index in [1.54, 1.807) is 0 Å². The molecule has 1 saturated heterocycles. The molecule has 1 aromatic rings. The average molecular weight is 320 g/mol. The highest BCUT2D eigenvalue weighted by molar-refractivity contribution is 9.10. The molecule has 2 fully saturated rings. The second kappa shape index (κ2) is 5.52. The van der Waals surface area contributed by atoms with E-state index in [0.717, 1.165) is 28.8 Å². The van der Waals surface area contributed by atoms with Crippen molar-refractivity contribution >= 4 is 21.6 Å². The Morgan fingerprint density at radius 3 is 2.84 bits per heavy atom. The molecule has 1 aromatic carbocycles. The first-order chi connectivity index (χ1) is 9.29. The van der Waals surface area contributed by atoms with Crippen molar-refractivity contribution in [3.63, 3.8) is 0 Å². The Balaban J connectivity index is 1.87. The number of anilines is 1. The monoisotopic (exact) mass is 319 g/mol. The van der Waals surface area contributed by atoms with Gasteiger partial charge < -0.3 is 10.2 Å². The highest BCUT2D eigenvalue weighted by Gasteiger charge is 2.32. The molecule has 19 heavy (non-hydrogen) atoms. The third kappa shape index (κ3) is 2.77. The molecule has 0 radical (unpaired) electrons. The Hall–Kier alpha value is -1.05. The third-order valence-corrected chi connectivity index (χ3v) is 4.64. The molecule has 4 heteroatoms. The SMILES string of the molecule is N#Cc1c(Br)cccc1N(CC1CCCN1)C1CC1. The Morgan fingerprint density at radius 2 is 2.21 bits per heavy atom.